The van der Waals surface area contributed by atoms with Gasteiger partial charge < -0.3 is 15.8 Å². The summed E-state index contributed by atoms with van der Waals surface area (Å²) in [7, 11) is 1.68. The Morgan fingerprint density at radius 2 is 2.44 bits per heavy atom. The van der Waals surface area contributed by atoms with Crippen molar-refractivity contribution < 1.29 is 4.74 Å². The number of hydrogen-bond acceptors (Lipinski definition) is 4. The third kappa shape index (κ3) is 4.69. The highest BCUT2D eigenvalue weighted by atomic mass is 127. The van der Waals surface area contributed by atoms with E-state index in [1.807, 2.05) is 12.3 Å². The Balaban J connectivity index is 0.00000162. The SMILES string of the molecule is COC(C)c1nc(CN=C(N)NC2CC2)cs1.I. The number of nitrogens with two attached hydrogens (primary N) is 1. The van der Waals surface area contributed by atoms with Crippen LogP contribution >= 0.6 is 35.3 Å². The van der Waals surface area contributed by atoms with Gasteiger partial charge in [0.15, 0.2) is 5.96 Å². The summed E-state index contributed by atoms with van der Waals surface area (Å²) in [5.41, 5.74) is 6.68. The fraction of sp³-hybridized carbons (Fsp3) is 0.636. The fourth-order valence-corrected chi connectivity index (χ4v) is 2.17. The van der Waals surface area contributed by atoms with Gasteiger partial charge in [0.25, 0.3) is 0 Å². The molecule has 1 unspecified atom stereocenters. The van der Waals surface area contributed by atoms with Crippen LogP contribution in [0.4, 0.5) is 0 Å². The lowest BCUT2D eigenvalue weighted by Crippen LogP contribution is -2.33. The van der Waals surface area contributed by atoms with Gasteiger partial charge in [-0.2, -0.15) is 0 Å². The number of rotatable bonds is 5. The van der Waals surface area contributed by atoms with Crippen molar-refractivity contribution in [3.63, 3.8) is 0 Å². The molecule has 102 valence electrons. The number of guanidine groups is 1. The first-order chi connectivity index (χ1) is 8.19. The first-order valence-corrected chi connectivity index (χ1v) is 6.60. The molecule has 0 aromatic carbocycles. The summed E-state index contributed by atoms with van der Waals surface area (Å²) in [5, 5.41) is 6.12. The van der Waals surface area contributed by atoms with Crippen molar-refractivity contribution in [2.75, 3.05) is 7.11 Å². The highest BCUT2D eigenvalue weighted by molar-refractivity contribution is 14.0. The highest BCUT2D eigenvalue weighted by Crippen LogP contribution is 2.21. The van der Waals surface area contributed by atoms with Crippen molar-refractivity contribution in [3.05, 3.63) is 16.1 Å². The minimum absolute atomic E-state index is 0. The molecular weight excluding hydrogens is 363 g/mol. The lowest BCUT2D eigenvalue weighted by Gasteiger charge is -2.03. The number of thiazole rings is 1. The van der Waals surface area contributed by atoms with E-state index in [9.17, 15) is 0 Å². The summed E-state index contributed by atoms with van der Waals surface area (Å²) >= 11 is 1.59. The molecule has 0 aliphatic heterocycles. The molecule has 1 atom stereocenters. The molecule has 3 N–H and O–H groups in total. The van der Waals surface area contributed by atoms with Gasteiger partial charge in [-0.1, -0.05) is 0 Å². The molecule has 1 saturated carbocycles. The van der Waals surface area contributed by atoms with Crippen molar-refractivity contribution in [2.45, 2.75) is 38.5 Å². The smallest absolute Gasteiger partial charge is 0.189 e. The van der Waals surface area contributed by atoms with Gasteiger partial charge in [-0.3, -0.25) is 0 Å². The lowest BCUT2D eigenvalue weighted by molar-refractivity contribution is 0.119. The second-order valence-electron chi connectivity index (χ2n) is 4.18. The van der Waals surface area contributed by atoms with Crippen LogP contribution in [-0.4, -0.2) is 24.1 Å². The molecular formula is C11H19IN4OS. The average molecular weight is 382 g/mol. The number of hydrogen-bond donors (Lipinski definition) is 2. The van der Waals surface area contributed by atoms with Gasteiger partial charge in [-0.25, -0.2) is 9.98 Å². The molecule has 1 aromatic rings. The second kappa shape index (κ2) is 7.25. The molecule has 1 heterocycles. The Hall–Kier alpha value is -0.410. The summed E-state index contributed by atoms with van der Waals surface area (Å²) in [6.07, 6.45) is 2.44. The predicted molar refractivity (Wildman–Crippen MR) is 84.4 cm³/mol. The number of aromatic nitrogens is 1. The van der Waals surface area contributed by atoms with E-state index in [1.54, 1.807) is 18.4 Å². The van der Waals surface area contributed by atoms with Crippen molar-refractivity contribution in [2.24, 2.45) is 10.7 Å². The monoisotopic (exact) mass is 382 g/mol. The molecule has 1 fully saturated rings. The van der Waals surface area contributed by atoms with E-state index in [4.69, 9.17) is 10.5 Å². The Labute approximate surface area is 128 Å². The van der Waals surface area contributed by atoms with Gasteiger partial charge in [0, 0.05) is 18.5 Å². The summed E-state index contributed by atoms with van der Waals surface area (Å²) in [4.78, 5) is 8.71. The molecule has 0 bridgehead atoms. The van der Waals surface area contributed by atoms with Crippen LogP contribution in [0.25, 0.3) is 0 Å². The topological polar surface area (TPSA) is 72.5 Å². The number of halogens is 1. The first-order valence-electron chi connectivity index (χ1n) is 5.72. The fourth-order valence-electron chi connectivity index (χ4n) is 1.33. The zero-order valence-corrected chi connectivity index (χ0v) is 13.7. The summed E-state index contributed by atoms with van der Waals surface area (Å²) in [5.74, 6) is 0.516. The van der Waals surface area contributed by atoms with E-state index in [0.29, 0.717) is 18.5 Å². The number of methoxy groups -OCH3 is 1. The predicted octanol–water partition coefficient (Wildman–Crippen LogP) is 2.04. The largest absolute Gasteiger partial charge is 0.375 e. The Bertz CT molecular complexity index is 406. The van der Waals surface area contributed by atoms with Gasteiger partial charge >= 0.3 is 0 Å². The maximum atomic E-state index is 5.75. The van der Waals surface area contributed by atoms with E-state index < -0.39 is 0 Å². The molecule has 5 nitrogen and oxygen atoms in total. The highest BCUT2D eigenvalue weighted by Gasteiger charge is 2.21. The third-order valence-corrected chi connectivity index (χ3v) is 3.67. The van der Waals surface area contributed by atoms with Crippen LogP contribution < -0.4 is 11.1 Å². The van der Waals surface area contributed by atoms with Crippen LogP contribution in [0.15, 0.2) is 10.4 Å². The molecule has 0 spiro atoms. The van der Waals surface area contributed by atoms with Crippen molar-refractivity contribution in [3.8, 4) is 0 Å². The second-order valence-corrected chi connectivity index (χ2v) is 5.06. The van der Waals surface area contributed by atoms with E-state index in [1.165, 1.54) is 12.8 Å². The third-order valence-electron chi connectivity index (χ3n) is 2.61. The average Bonchev–Trinajstić information content (AvgIpc) is 3.00. The van der Waals surface area contributed by atoms with Crippen LogP contribution in [-0.2, 0) is 11.3 Å². The molecule has 1 aliphatic rings. The minimum Gasteiger partial charge on any atom is -0.375 e. The van der Waals surface area contributed by atoms with Gasteiger partial charge in [0.1, 0.15) is 11.1 Å². The molecule has 0 saturated heterocycles. The molecule has 0 amide bonds. The Morgan fingerprint density at radius 1 is 1.72 bits per heavy atom. The van der Waals surface area contributed by atoms with E-state index in [2.05, 4.69) is 15.3 Å². The number of ether oxygens (including phenoxy) is 1. The Kier molecular flexibility index (Phi) is 6.30. The molecule has 0 radical (unpaired) electrons. The maximum Gasteiger partial charge on any atom is 0.189 e. The van der Waals surface area contributed by atoms with Gasteiger partial charge in [0.05, 0.1) is 12.2 Å². The summed E-state index contributed by atoms with van der Waals surface area (Å²) in [6.45, 7) is 2.51. The zero-order chi connectivity index (χ0) is 12.3. The molecule has 2 rings (SSSR count). The quantitative estimate of drug-likeness (QED) is 0.465. The van der Waals surface area contributed by atoms with Gasteiger partial charge in [-0.15, -0.1) is 35.3 Å². The van der Waals surface area contributed by atoms with Gasteiger partial charge in [-0.05, 0) is 19.8 Å². The summed E-state index contributed by atoms with van der Waals surface area (Å²) < 4.78 is 5.21. The van der Waals surface area contributed by atoms with Crippen molar-refractivity contribution >= 4 is 41.3 Å². The van der Waals surface area contributed by atoms with E-state index in [0.717, 1.165) is 10.7 Å². The van der Waals surface area contributed by atoms with Crippen LogP contribution in [0, 0.1) is 0 Å². The maximum absolute atomic E-state index is 5.75. The Morgan fingerprint density at radius 3 is 3.06 bits per heavy atom. The van der Waals surface area contributed by atoms with E-state index in [-0.39, 0.29) is 30.1 Å². The van der Waals surface area contributed by atoms with Crippen LogP contribution in [0.3, 0.4) is 0 Å². The van der Waals surface area contributed by atoms with Gasteiger partial charge in [0.2, 0.25) is 0 Å². The number of aliphatic imine (C=N–C) groups is 1. The van der Waals surface area contributed by atoms with E-state index >= 15 is 0 Å². The van der Waals surface area contributed by atoms with Crippen LogP contribution in [0.2, 0.25) is 0 Å². The molecule has 1 aliphatic carbocycles. The molecule has 18 heavy (non-hydrogen) atoms. The van der Waals surface area contributed by atoms with Crippen LogP contribution in [0.1, 0.15) is 36.6 Å². The zero-order valence-electron chi connectivity index (χ0n) is 10.5. The normalized spacial score (nSPS) is 17.1. The van der Waals surface area contributed by atoms with Crippen molar-refractivity contribution in [1.29, 1.82) is 0 Å². The number of nitrogens with zero attached hydrogens (tertiary/aromatic N) is 2. The minimum atomic E-state index is 0. The van der Waals surface area contributed by atoms with Crippen molar-refractivity contribution in [1.82, 2.24) is 10.3 Å². The molecule has 7 heteroatoms. The van der Waals surface area contributed by atoms with Crippen LogP contribution in [0.5, 0.6) is 0 Å². The first kappa shape index (κ1) is 15.6. The number of nitrogens with one attached hydrogen (secondary N) is 1. The lowest BCUT2D eigenvalue weighted by atomic mass is 10.4. The molecule has 1 aromatic heterocycles. The standard InChI is InChI=1S/C11H18N4OS.HI/c1-7(16-2)10-14-9(6-17-10)5-13-11(12)15-8-3-4-8;/h6-8H,3-5H2,1-2H3,(H3,12,13,15);1H. The summed E-state index contributed by atoms with van der Waals surface area (Å²) in [6, 6.07) is 0.540.